The number of pyridine rings is 1. The third-order valence-electron chi connectivity index (χ3n) is 6.57. The number of amides is 2. The second-order valence-electron chi connectivity index (χ2n) is 8.38. The number of carbonyl (C=O) groups is 2. The number of thiazole rings is 1. The molecule has 6 rings (SSSR count). The fraction of sp³-hybridized carbons (Fsp3) is 0.273. The Kier molecular flexibility index (Phi) is 3.87. The first-order valence-electron chi connectivity index (χ1n) is 10.00. The molecule has 1 aromatic carbocycles. The molecular formula is C22H15F3N4O2S. The van der Waals surface area contributed by atoms with Crippen LogP contribution in [-0.2, 0) is 21.2 Å². The minimum absolute atomic E-state index is 0.0430. The molecule has 2 N–H and O–H groups in total. The molecule has 10 heteroatoms. The van der Waals surface area contributed by atoms with Crippen LogP contribution in [0.5, 0.6) is 0 Å². The van der Waals surface area contributed by atoms with Crippen molar-refractivity contribution in [2.45, 2.75) is 18.0 Å². The van der Waals surface area contributed by atoms with E-state index in [1.807, 2.05) is 24.3 Å². The van der Waals surface area contributed by atoms with Gasteiger partial charge in [0.25, 0.3) is 0 Å². The smallest absolute Gasteiger partial charge is 0.340 e. The number of nitrogens with one attached hydrogen (secondary N) is 2. The molecule has 4 atom stereocenters. The largest absolute Gasteiger partial charge is 0.417 e. The first-order chi connectivity index (χ1) is 15.2. The number of hydrogen-bond acceptors (Lipinski definition) is 6. The van der Waals surface area contributed by atoms with Crippen molar-refractivity contribution in [2.75, 3.05) is 5.32 Å². The van der Waals surface area contributed by atoms with Crippen molar-refractivity contribution in [3.05, 3.63) is 59.3 Å². The Morgan fingerprint density at radius 2 is 2.00 bits per heavy atom. The lowest BCUT2D eigenvalue weighted by Crippen LogP contribution is -2.36. The fourth-order valence-electron chi connectivity index (χ4n) is 5.17. The number of allylic oxidation sites excluding steroid dienone is 2. The van der Waals surface area contributed by atoms with E-state index in [9.17, 15) is 22.8 Å². The first kappa shape index (κ1) is 19.4. The number of rotatable bonds is 3. The van der Waals surface area contributed by atoms with Crippen molar-refractivity contribution >= 4 is 44.9 Å². The van der Waals surface area contributed by atoms with Gasteiger partial charge in [-0.2, -0.15) is 13.2 Å². The van der Waals surface area contributed by atoms with Gasteiger partial charge in [0.15, 0.2) is 0 Å². The average molecular weight is 456 g/mol. The molecule has 0 radical (unpaired) electrons. The molecule has 3 heterocycles. The van der Waals surface area contributed by atoms with Gasteiger partial charge in [-0.15, -0.1) is 11.3 Å². The van der Waals surface area contributed by atoms with Crippen LogP contribution in [0.25, 0.3) is 10.2 Å². The number of fused-ring (bicyclic) bond motifs is 6. The van der Waals surface area contributed by atoms with E-state index in [1.54, 1.807) is 6.07 Å². The van der Waals surface area contributed by atoms with Gasteiger partial charge in [-0.3, -0.25) is 14.9 Å². The Labute approximate surface area is 183 Å². The fourth-order valence-corrected chi connectivity index (χ4v) is 6.39. The van der Waals surface area contributed by atoms with Gasteiger partial charge < -0.3 is 5.32 Å². The van der Waals surface area contributed by atoms with Crippen LogP contribution in [-0.4, -0.2) is 21.8 Å². The van der Waals surface area contributed by atoms with Crippen molar-refractivity contribution < 1.29 is 22.8 Å². The molecule has 2 aromatic heterocycles. The maximum Gasteiger partial charge on any atom is 0.417 e. The highest BCUT2D eigenvalue weighted by atomic mass is 32.1. The Morgan fingerprint density at radius 1 is 1.16 bits per heavy atom. The van der Waals surface area contributed by atoms with Gasteiger partial charge in [0.05, 0.1) is 33.0 Å². The SMILES string of the molecule is O=C1NC(=O)C2C1C1C=CC2(c2nc3ccc(Nc4ccc(C(F)(F)F)cn4)cc3s2)C1. The summed E-state index contributed by atoms with van der Waals surface area (Å²) in [5.74, 6) is -0.861. The lowest BCUT2D eigenvalue weighted by atomic mass is 9.75. The number of benzene rings is 1. The molecule has 32 heavy (non-hydrogen) atoms. The summed E-state index contributed by atoms with van der Waals surface area (Å²) in [4.78, 5) is 33.4. The number of anilines is 2. The molecule has 6 nitrogen and oxygen atoms in total. The molecule has 1 aliphatic heterocycles. The van der Waals surface area contributed by atoms with Gasteiger partial charge in [-0.25, -0.2) is 9.97 Å². The van der Waals surface area contributed by atoms with Crippen LogP contribution < -0.4 is 10.6 Å². The predicted molar refractivity (Wildman–Crippen MR) is 111 cm³/mol. The maximum absolute atomic E-state index is 12.7. The normalized spacial score (nSPS) is 28.4. The number of nitrogens with zero attached hydrogens (tertiary/aromatic N) is 2. The molecule has 4 unspecified atom stereocenters. The van der Waals surface area contributed by atoms with Crippen molar-refractivity contribution in [2.24, 2.45) is 17.8 Å². The molecule has 2 amide bonds. The molecule has 3 aliphatic rings. The lowest BCUT2D eigenvalue weighted by molar-refractivity contribution is -0.137. The molecule has 1 saturated carbocycles. The van der Waals surface area contributed by atoms with Gasteiger partial charge in [-0.1, -0.05) is 12.2 Å². The second-order valence-corrected chi connectivity index (χ2v) is 9.41. The highest BCUT2D eigenvalue weighted by Gasteiger charge is 2.65. The van der Waals surface area contributed by atoms with E-state index >= 15 is 0 Å². The molecule has 0 spiro atoms. The number of halogens is 3. The van der Waals surface area contributed by atoms with Crippen LogP contribution in [0.15, 0.2) is 48.7 Å². The highest BCUT2D eigenvalue weighted by molar-refractivity contribution is 7.18. The van der Waals surface area contributed by atoms with E-state index in [2.05, 4.69) is 15.6 Å². The predicted octanol–water partition coefficient (Wildman–Crippen LogP) is 4.17. The van der Waals surface area contributed by atoms with Crippen molar-refractivity contribution in [3.8, 4) is 0 Å². The van der Waals surface area contributed by atoms with E-state index in [1.165, 1.54) is 17.4 Å². The number of imide groups is 1. The summed E-state index contributed by atoms with van der Waals surface area (Å²) in [6, 6.07) is 7.71. The monoisotopic (exact) mass is 456 g/mol. The number of hydrogen-bond donors (Lipinski definition) is 2. The minimum Gasteiger partial charge on any atom is -0.340 e. The van der Waals surface area contributed by atoms with Crippen molar-refractivity contribution in [1.29, 1.82) is 0 Å². The molecule has 162 valence electrons. The zero-order valence-electron chi connectivity index (χ0n) is 16.3. The minimum atomic E-state index is -4.43. The maximum atomic E-state index is 12.7. The Bertz CT molecular complexity index is 1320. The van der Waals surface area contributed by atoms with Crippen LogP contribution >= 0.6 is 11.3 Å². The molecule has 3 aromatic rings. The van der Waals surface area contributed by atoms with Gasteiger partial charge in [0, 0.05) is 11.9 Å². The Morgan fingerprint density at radius 3 is 2.75 bits per heavy atom. The summed E-state index contributed by atoms with van der Waals surface area (Å²) >= 11 is 1.46. The zero-order chi connectivity index (χ0) is 22.3. The van der Waals surface area contributed by atoms with Crippen LogP contribution in [0.3, 0.4) is 0 Å². The quantitative estimate of drug-likeness (QED) is 0.457. The lowest BCUT2D eigenvalue weighted by Gasteiger charge is -2.27. The summed E-state index contributed by atoms with van der Waals surface area (Å²) in [6.07, 6.45) is 1.10. The van der Waals surface area contributed by atoms with Gasteiger partial charge in [-0.05, 0) is 42.7 Å². The van der Waals surface area contributed by atoms with Crippen LogP contribution in [0.1, 0.15) is 17.0 Å². The molecule has 2 aliphatic carbocycles. The van der Waals surface area contributed by atoms with Crippen LogP contribution in [0, 0.1) is 17.8 Å². The topological polar surface area (TPSA) is 84.0 Å². The van der Waals surface area contributed by atoms with Crippen LogP contribution in [0.4, 0.5) is 24.7 Å². The van der Waals surface area contributed by atoms with E-state index in [-0.39, 0.29) is 23.7 Å². The Hall–Kier alpha value is -3.27. The standard InChI is InChI=1S/C22H15F3N4O2S/c23-22(24,25)11-1-4-15(26-9-11)27-12-2-3-13-14(7-12)32-20(28-13)21-6-5-10(8-21)16-17(21)19(31)29-18(16)30/h1-7,9-10,16-17H,8H2,(H,26,27)(H,29,30,31). The third-order valence-corrected chi connectivity index (χ3v) is 7.78. The summed E-state index contributed by atoms with van der Waals surface area (Å²) in [7, 11) is 0. The highest BCUT2D eigenvalue weighted by Crippen LogP contribution is 2.60. The van der Waals surface area contributed by atoms with Gasteiger partial charge in [0.2, 0.25) is 11.8 Å². The van der Waals surface area contributed by atoms with E-state index in [4.69, 9.17) is 4.98 Å². The average Bonchev–Trinajstić information content (AvgIpc) is 3.49. The molecule has 1 saturated heterocycles. The second kappa shape index (κ2) is 6.38. The summed E-state index contributed by atoms with van der Waals surface area (Å²) in [5, 5.41) is 6.28. The number of alkyl halides is 3. The third kappa shape index (κ3) is 2.72. The van der Waals surface area contributed by atoms with Crippen molar-refractivity contribution in [1.82, 2.24) is 15.3 Å². The van der Waals surface area contributed by atoms with E-state index in [0.717, 1.165) is 27.5 Å². The molecule has 2 fully saturated rings. The van der Waals surface area contributed by atoms with Crippen LogP contribution in [0.2, 0.25) is 0 Å². The number of carbonyl (C=O) groups excluding carboxylic acids is 2. The van der Waals surface area contributed by atoms with E-state index in [0.29, 0.717) is 17.9 Å². The molecular weight excluding hydrogens is 441 g/mol. The van der Waals surface area contributed by atoms with Gasteiger partial charge >= 0.3 is 6.18 Å². The number of aromatic nitrogens is 2. The zero-order valence-corrected chi connectivity index (χ0v) is 17.1. The molecule has 2 bridgehead atoms. The summed E-state index contributed by atoms with van der Waals surface area (Å²) < 4.78 is 39.1. The first-order valence-corrected chi connectivity index (χ1v) is 10.8. The summed E-state index contributed by atoms with van der Waals surface area (Å²) in [5.41, 5.74) is 0.0421. The Balaban J connectivity index is 1.31. The van der Waals surface area contributed by atoms with Crippen molar-refractivity contribution in [3.63, 3.8) is 0 Å². The van der Waals surface area contributed by atoms with Gasteiger partial charge in [0.1, 0.15) is 10.8 Å². The summed E-state index contributed by atoms with van der Waals surface area (Å²) in [6.45, 7) is 0. The van der Waals surface area contributed by atoms with E-state index < -0.39 is 23.1 Å².